The number of carbonyl (C=O) groups excluding carboxylic acids is 1. The molecule has 0 aliphatic carbocycles. The van der Waals surface area contributed by atoms with E-state index in [1.165, 1.54) is 23.5 Å². The number of aryl methyl sites for hydroxylation is 2. The van der Waals surface area contributed by atoms with Crippen LogP contribution < -0.4 is 5.32 Å². The second kappa shape index (κ2) is 6.05. The van der Waals surface area contributed by atoms with Gasteiger partial charge < -0.3 is 10.4 Å². The SMILES string of the molecule is Cc1cc(C(=O)Nc2c(Cl)ccc(Cl)c2C(=O)O)c(C)s1. The highest BCUT2D eigenvalue weighted by molar-refractivity contribution is 7.12. The van der Waals surface area contributed by atoms with Crippen LogP contribution in [-0.2, 0) is 0 Å². The summed E-state index contributed by atoms with van der Waals surface area (Å²) in [5, 5.41) is 11.9. The fourth-order valence-corrected chi connectivity index (χ4v) is 3.28. The zero-order chi connectivity index (χ0) is 15.7. The van der Waals surface area contributed by atoms with Crippen LogP contribution in [0.4, 0.5) is 5.69 Å². The van der Waals surface area contributed by atoms with Crippen LogP contribution in [0.3, 0.4) is 0 Å². The average Bonchev–Trinajstić information content (AvgIpc) is 2.72. The van der Waals surface area contributed by atoms with Gasteiger partial charge in [0.25, 0.3) is 5.91 Å². The lowest BCUT2D eigenvalue weighted by molar-refractivity contribution is 0.0698. The van der Waals surface area contributed by atoms with Gasteiger partial charge in [0.05, 0.1) is 21.3 Å². The predicted octanol–water partition coefficient (Wildman–Crippen LogP) is 4.62. The molecule has 4 nitrogen and oxygen atoms in total. The molecule has 2 rings (SSSR count). The maximum absolute atomic E-state index is 12.3. The van der Waals surface area contributed by atoms with Crippen molar-refractivity contribution in [2.45, 2.75) is 13.8 Å². The summed E-state index contributed by atoms with van der Waals surface area (Å²) in [5.74, 6) is -1.67. The molecule has 2 aromatic rings. The topological polar surface area (TPSA) is 66.4 Å². The minimum atomic E-state index is -1.25. The molecule has 0 bridgehead atoms. The van der Waals surface area contributed by atoms with E-state index in [2.05, 4.69) is 5.32 Å². The van der Waals surface area contributed by atoms with Gasteiger partial charge in [0.1, 0.15) is 5.56 Å². The average molecular weight is 344 g/mol. The van der Waals surface area contributed by atoms with Gasteiger partial charge in [-0.1, -0.05) is 23.2 Å². The number of benzene rings is 1. The Morgan fingerprint density at radius 1 is 1.19 bits per heavy atom. The fraction of sp³-hybridized carbons (Fsp3) is 0.143. The van der Waals surface area contributed by atoms with Crippen LogP contribution in [0.15, 0.2) is 18.2 Å². The Hall–Kier alpha value is -1.56. The quantitative estimate of drug-likeness (QED) is 0.854. The molecule has 2 N–H and O–H groups in total. The summed E-state index contributed by atoms with van der Waals surface area (Å²) in [5.41, 5.74) is 0.275. The summed E-state index contributed by atoms with van der Waals surface area (Å²) >= 11 is 13.4. The third kappa shape index (κ3) is 3.20. The molecule has 1 aromatic heterocycles. The van der Waals surface area contributed by atoms with Crippen molar-refractivity contribution in [3.63, 3.8) is 0 Å². The van der Waals surface area contributed by atoms with Crippen molar-refractivity contribution >= 4 is 52.1 Å². The molecule has 21 heavy (non-hydrogen) atoms. The normalized spacial score (nSPS) is 10.5. The molecule has 7 heteroatoms. The van der Waals surface area contributed by atoms with Crippen LogP contribution >= 0.6 is 34.5 Å². The van der Waals surface area contributed by atoms with E-state index in [1.54, 1.807) is 6.07 Å². The van der Waals surface area contributed by atoms with Crippen molar-refractivity contribution in [2.24, 2.45) is 0 Å². The highest BCUT2D eigenvalue weighted by atomic mass is 35.5. The number of carboxylic acids is 1. The van der Waals surface area contributed by atoms with Crippen molar-refractivity contribution in [2.75, 3.05) is 5.32 Å². The Bertz CT molecular complexity index is 740. The van der Waals surface area contributed by atoms with Gasteiger partial charge in [-0.15, -0.1) is 11.3 Å². The lowest BCUT2D eigenvalue weighted by atomic mass is 10.1. The summed E-state index contributed by atoms with van der Waals surface area (Å²) in [4.78, 5) is 25.4. The van der Waals surface area contributed by atoms with E-state index in [4.69, 9.17) is 23.2 Å². The molecule has 1 heterocycles. The molecular formula is C14H11Cl2NO3S. The van der Waals surface area contributed by atoms with Gasteiger partial charge in [0.15, 0.2) is 0 Å². The molecule has 0 saturated heterocycles. The van der Waals surface area contributed by atoms with Crippen LogP contribution in [0, 0.1) is 13.8 Å². The lowest BCUT2D eigenvalue weighted by Crippen LogP contribution is -2.15. The maximum Gasteiger partial charge on any atom is 0.339 e. The summed E-state index contributed by atoms with van der Waals surface area (Å²) in [6, 6.07) is 4.56. The number of thiophene rings is 1. The number of hydrogen-bond donors (Lipinski definition) is 2. The summed E-state index contributed by atoms with van der Waals surface area (Å²) in [6.07, 6.45) is 0. The molecule has 110 valence electrons. The van der Waals surface area contributed by atoms with E-state index in [0.29, 0.717) is 5.56 Å². The standard InChI is InChI=1S/C14H11Cl2NO3S/c1-6-5-8(7(2)21-6)13(18)17-12-10(16)4-3-9(15)11(12)14(19)20/h3-5H,1-2H3,(H,17,18)(H,19,20). The van der Waals surface area contributed by atoms with Gasteiger partial charge in [-0.05, 0) is 32.0 Å². The van der Waals surface area contributed by atoms with E-state index in [1.807, 2.05) is 13.8 Å². The monoisotopic (exact) mass is 343 g/mol. The van der Waals surface area contributed by atoms with Crippen molar-refractivity contribution in [1.82, 2.24) is 0 Å². The molecule has 0 radical (unpaired) electrons. The number of nitrogens with one attached hydrogen (secondary N) is 1. The number of carbonyl (C=O) groups is 2. The first-order valence-corrected chi connectivity index (χ1v) is 7.48. The fourth-order valence-electron chi connectivity index (χ4n) is 1.92. The van der Waals surface area contributed by atoms with Crippen molar-refractivity contribution in [3.8, 4) is 0 Å². The smallest absolute Gasteiger partial charge is 0.339 e. The van der Waals surface area contributed by atoms with Gasteiger partial charge >= 0.3 is 5.97 Å². The molecule has 0 atom stereocenters. The summed E-state index contributed by atoms with van der Waals surface area (Å²) in [6.45, 7) is 3.72. The molecule has 0 spiro atoms. The first-order valence-electron chi connectivity index (χ1n) is 5.91. The van der Waals surface area contributed by atoms with Crippen LogP contribution in [0.1, 0.15) is 30.5 Å². The van der Waals surface area contributed by atoms with Crippen LogP contribution in [0.2, 0.25) is 10.0 Å². The third-order valence-electron chi connectivity index (χ3n) is 2.84. The number of halogens is 2. The maximum atomic E-state index is 12.3. The Morgan fingerprint density at radius 2 is 1.81 bits per heavy atom. The molecule has 0 aliphatic rings. The largest absolute Gasteiger partial charge is 0.478 e. The number of hydrogen-bond acceptors (Lipinski definition) is 3. The third-order valence-corrected chi connectivity index (χ3v) is 4.44. The molecule has 0 fully saturated rings. The lowest BCUT2D eigenvalue weighted by Gasteiger charge is -2.11. The Balaban J connectivity index is 2.44. The predicted molar refractivity (Wildman–Crippen MR) is 85.2 cm³/mol. The van der Waals surface area contributed by atoms with E-state index < -0.39 is 11.9 Å². The summed E-state index contributed by atoms with van der Waals surface area (Å²) < 4.78 is 0. The van der Waals surface area contributed by atoms with E-state index >= 15 is 0 Å². The Labute approximate surface area is 135 Å². The second-order valence-corrected chi connectivity index (χ2v) is 6.64. The highest BCUT2D eigenvalue weighted by Gasteiger charge is 2.21. The molecule has 0 unspecified atom stereocenters. The molecule has 1 amide bonds. The summed E-state index contributed by atoms with van der Waals surface area (Å²) in [7, 11) is 0. The first-order chi connectivity index (χ1) is 9.81. The highest BCUT2D eigenvalue weighted by Crippen LogP contribution is 2.33. The Kier molecular flexibility index (Phi) is 4.56. The number of amides is 1. The van der Waals surface area contributed by atoms with Crippen LogP contribution in [0.25, 0.3) is 0 Å². The minimum absolute atomic E-state index is 0.00456. The van der Waals surface area contributed by atoms with Gasteiger partial charge in [-0.3, -0.25) is 4.79 Å². The van der Waals surface area contributed by atoms with E-state index in [9.17, 15) is 14.7 Å². The number of anilines is 1. The number of carboxylic acid groups (broad SMARTS) is 1. The minimum Gasteiger partial charge on any atom is -0.478 e. The van der Waals surface area contributed by atoms with Gasteiger partial charge in [-0.25, -0.2) is 4.79 Å². The molecular weight excluding hydrogens is 333 g/mol. The first kappa shape index (κ1) is 15.8. The molecule has 1 aromatic carbocycles. The van der Waals surface area contributed by atoms with Gasteiger partial charge in [0, 0.05) is 9.75 Å². The van der Waals surface area contributed by atoms with Crippen molar-refractivity contribution in [1.29, 1.82) is 0 Å². The van der Waals surface area contributed by atoms with Crippen molar-refractivity contribution < 1.29 is 14.7 Å². The number of aromatic carboxylic acids is 1. The van der Waals surface area contributed by atoms with E-state index in [-0.39, 0.29) is 21.3 Å². The zero-order valence-corrected chi connectivity index (χ0v) is 13.5. The van der Waals surface area contributed by atoms with Crippen molar-refractivity contribution in [3.05, 3.63) is 49.1 Å². The number of rotatable bonds is 3. The Morgan fingerprint density at radius 3 is 2.33 bits per heavy atom. The van der Waals surface area contributed by atoms with Gasteiger partial charge in [-0.2, -0.15) is 0 Å². The van der Waals surface area contributed by atoms with Crippen LogP contribution in [-0.4, -0.2) is 17.0 Å². The van der Waals surface area contributed by atoms with Crippen LogP contribution in [0.5, 0.6) is 0 Å². The zero-order valence-electron chi connectivity index (χ0n) is 11.2. The molecule has 0 saturated carbocycles. The second-order valence-electron chi connectivity index (χ2n) is 4.37. The van der Waals surface area contributed by atoms with E-state index in [0.717, 1.165) is 9.75 Å². The molecule has 0 aliphatic heterocycles. The van der Waals surface area contributed by atoms with Gasteiger partial charge in [0.2, 0.25) is 0 Å².